The number of epoxide rings is 4. The second kappa shape index (κ2) is 24.0. The van der Waals surface area contributed by atoms with Crippen LogP contribution in [0.25, 0.3) is 0 Å². The Bertz CT molecular complexity index is 2370. The van der Waals surface area contributed by atoms with Gasteiger partial charge < -0.3 is 56.8 Å². The SMILES string of the molecule is O=C(Oc1ccc(OC(=O)C2CCC(C(=O)Oc3ccc(OC(=O)c4ccc(OCCCC5CO5)cc4)c(C(=O)OCCC4CO4)c3)CC2)cc1C(=O)OCCC1CO1)c1ccc(OCCCC2CO2)cc1. The predicted molar refractivity (Wildman–Crippen MR) is 251 cm³/mol. The second-order valence-corrected chi connectivity index (χ2v) is 18.2. The fourth-order valence-corrected chi connectivity index (χ4v) is 7.96. The molecule has 380 valence electrons. The molecule has 18 nitrogen and oxygen atoms in total. The van der Waals surface area contributed by atoms with Crippen LogP contribution in [-0.2, 0) is 38.0 Å². The summed E-state index contributed by atoms with van der Waals surface area (Å²) in [6, 6.07) is 21.1. The lowest BCUT2D eigenvalue weighted by Crippen LogP contribution is -2.30. The summed E-state index contributed by atoms with van der Waals surface area (Å²) < 4.78 is 66.2. The molecule has 1 saturated carbocycles. The average molecular weight is 993 g/mol. The van der Waals surface area contributed by atoms with Gasteiger partial charge in [0.15, 0.2) is 0 Å². The van der Waals surface area contributed by atoms with Crippen LogP contribution in [0.5, 0.6) is 34.5 Å². The fraction of sp³-hybridized carbons (Fsp3) is 0.444. The fourth-order valence-electron chi connectivity index (χ4n) is 7.96. The molecular weight excluding hydrogens is 937 g/mol. The first-order valence-corrected chi connectivity index (χ1v) is 24.5. The van der Waals surface area contributed by atoms with E-state index in [1.807, 2.05) is 0 Å². The first kappa shape index (κ1) is 50.1. The molecule has 0 bridgehead atoms. The van der Waals surface area contributed by atoms with Gasteiger partial charge in [0.25, 0.3) is 0 Å². The highest BCUT2D eigenvalue weighted by Crippen LogP contribution is 2.34. The van der Waals surface area contributed by atoms with E-state index in [1.165, 1.54) is 36.4 Å². The van der Waals surface area contributed by atoms with Crippen LogP contribution in [-0.4, -0.2) is 113 Å². The predicted octanol–water partition coefficient (Wildman–Crippen LogP) is 7.45. The Morgan fingerprint density at radius 1 is 0.403 bits per heavy atom. The Morgan fingerprint density at radius 2 is 0.750 bits per heavy atom. The molecule has 4 heterocycles. The van der Waals surface area contributed by atoms with Crippen molar-refractivity contribution in [3.63, 3.8) is 0 Å². The van der Waals surface area contributed by atoms with Gasteiger partial charge in [-0.1, -0.05) is 0 Å². The minimum absolute atomic E-state index is 0.0176. The number of hydrogen-bond acceptors (Lipinski definition) is 18. The van der Waals surface area contributed by atoms with Crippen molar-refractivity contribution < 1.29 is 85.6 Å². The Balaban J connectivity index is 0.780. The van der Waals surface area contributed by atoms with E-state index in [-0.39, 0.29) is 70.7 Å². The number of ether oxygens (including phenoxy) is 12. The van der Waals surface area contributed by atoms with Crippen molar-refractivity contribution in [3.8, 4) is 34.5 Å². The molecule has 0 aromatic heterocycles. The van der Waals surface area contributed by atoms with Crippen molar-refractivity contribution in [2.24, 2.45) is 11.8 Å². The van der Waals surface area contributed by atoms with Gasteiger partial charge in [-0.25, -0.2) is 19.2 Å². The molecule has 4 aliphatic heterocycles. The molecule has 0 radical (unpaired) electrons. The summed E-state index contributed by atoms with van der Waals surface area (Å²) in [5.41, 5.74) is 0.212. The lowest BCUT2D eigenvalue weighted by atomic mass is 9.82. The summed E-state index contributed by atoms with van der Waals surface area (Å²) in [5.74, 6) is -4.22. The van der Waals surface area contributed by atoms with Crippen molar-refractivity contribution in [3.05, 3.63) is 107 Å². The summed E-state index contributed by atoms with van der Waals surface area (Å²) in [7, 11) is 0. The Kier molecular flexibility index (Phi) is 16.7. The van der Waals surface area contributed by atoms with Gasteiger partial charge in [-0.2, -0.15) is 0 Å². The van der Waals surface area contributed by atoms with Crippen LogP contribution in [0.1, 0.15) is 106 Å². The summed E-state index contributed by atoms with van der Waals surface area (Å²) in [5, 5.41) is 0. The van der Waals surface area contributed by atoms with Crippen LogP contribution in [0.3, 0.4) is 0 Å². The van der Waals surface area contributed by atoms with Crippen LogP contribution >= 0.6 is 0 Å². The Morgan fingerprint density at radius 3 is 1.11 bits per heavy atom. The van der Waals surface area contributed by atoms with E-state index in [0.717, 1.165) is 38.9 Å². The summed E-state index contributed by atoms with van der Waals surface area (Å²) in [6.45, 7) is 3.92. The van der Waals surface area contributed by atoms with Gasteiger partial charge in [0.2, 0.25) is 0 Å². The van der Waals surface area contributed by atoms with E-state index in [9.17, 15) is 28.8 Å². The maximum Gasteiger partial charge on any atom is 0.343 e. The molecule has 4 atom stereocenters. The van der Waals surface area contributed by atoms with E-state index >= 15 is 0 Å². The number of esters is 6. The number of carbonyl (C=O) groups is 6. The highest BCUT2D eigenvalue weighted by molar-refractivity contribution is 5.98. The third kappa shape index (κ3) is 15.1. The maximum atomic E-state index is 13.5. The third-order valence-electron chi connectivity index (χ3n) is 12.6. The largest absolute Gasteiger partial charge is 0.494 e. The Labute approximate surface area is 415 Å². The highest BCUT2D eigenvalue weighted by atomic mass is 16.6. The van der Waals surface area contributed by atoms with Gasteiger partial charge in [-0.3, -0.25) is 9.59 Å². The zero-order valence-corrected chi connectivity index (χ0v) is 39.6. The monoisotopic (exact) mass is 992 g/mol. The molecule has 0 spiro atoms. The van der Waals surface area contributed by atoms with Crippen molar-refractivity contribution in [1.82, 2.24) is 0 Å². The van der Waals surface area contributed by atoms with Crippen LogP contribution < -0.4 is 28.4 Å². The minimum Gasteiger partial charge on any atom is -0.494 e. The van der Waals surface area contributed by atoms with Gasteiger partial charge in [0.1, 0.15) is 45.6 Å². The average Bonchev–Trinajstić information content (AvgIpc) is 4.15. The molecule has 4 aromatic carbocycles. The minimum atomic E-state index is -0.780. The quantitative estimate of drug-likeness (QED) is 0.0258. The topological polar surface area (TPSA) is 226 Å². The normalized spacial score (nSPS) is 21.3. The molecule has 0 amide bonds. The van der Waals surface area contributed by atoms with Crippen LogP contribution in [0.15, 0.2) is 84.9 Å². The molecule has 72 heavy (non-hydrogen) atoms. The van der Waals surface area contributed by atoms with E-state index in [1.54, 1.807) is 48.5 Å². The molecule has 5 aliphatic rings. The van der Waals surface area contributed by atoms with Gasteiger partial charge in [-0.05, 0) is 136 Å². The van der Waals surface area contributed by atoms with Gasteiger partial charge in [-0.15, -0.1) is 0 Å². The highest BCUT2D eigenvalue weighted by Gasteiger charge is 2.34. The van der Waals surface area contributed by atoms with Crippen molar-refractivity contribution in [1.29, 1.82) is 0 Å². The van der Waals surface area contributed by atoms with Crippen LogP contribution in [0, 0.1) is 11.8 Å². The second-order valence-electron chi connectivity index (χ2n) is 18.2. The third-order valence-corrected chi connectivity index (χ3v) is 12.6. The zero-order chi connectivity index (χ0) is 49.8. The van der Waals surface area contributed by atoms with Gasteiger partial charge in [0, 0.05) is 12.8 Å². The number of carbonyl (C=O) groups excluding carboxylic acids is 6. The molecule has 4 unspecified atom stereocenters. The first-order valence-electron chi connectivity index (χ1n) is 24.5. The lowest BCUT2D eigenvalue weighted by molar-refractivity contribution is -0.145. The van der Waals surface area contributed by atoms with Crippen molar-refractivity contribution >= 4 is 35.8 Å². The molecular formula is C54H56O18. The van der Waals surface area contributed by atoms with E-state index in [0.29, 0.717) is 88.7 Å². The number of hydrogen-bond donors (Lipinski definition) is 0. The molecule has 4 aromatic rings. The lowest BCUT2D eigenvalue weighted by Gasteiger charge is -2.26. The standard InChI is InChI=1S/C54H56O18/c55-49(69-39-17-19-47(45(27-39)53(59)63-25-21-43-31-67-43)71-51(57)35-9-13-37(14-10-35)61-23-1-3-41-29-65-41)33-5-7-34(8-6-33)50(56)70-40-18-20-48(46(28-40)54(60)64-26-22-44-32-68-44)72-52(58)36-11-15-38(16-12-36)62-24-2-4-42-30-66-42/h9-20,27-28,33-34,41-44H,1-8,21-26,29-32H2. The van der Waals surface area contributed by atoms with Crippen molar-refractivity contribution in [2.45, 2.75) is 88.6 Å². The zero-order valence-electron chi connectivity index (χ0n) is 39.6. The first-order chi connectivity index (χ1) is 35.1. The van der Waals surface area contributed by atoms with Crippen LogP contribution in [0.4, 0.5) is 0 Å². The molecule has 1 aliphatic carbocycles. The molecule has 18 heteroatoms. The smallest absolute Gasteiger partial charge is 0.343 e. The summed E-state index contributed by atoms with van der Waals surface area (Å²) in [4.78, 5) is 80.1. The van der Waals surface area contributed by atoms with Gasteiger partial charge in [0.05, 0.1) is 100 Å². The van der Waals surface area contributed by atoms with E-state index in [4.69, 9.17) is 56.8 Å². The van der Waals surface area contributed by atoms with Crippen LogP contribution in [0.2, 0.25) is 0 Å². The number of rotatable bonds is 26. The van der Waals surface area contributed by atoms with E-state index < -0.39 is 47.7 Å². The summed E-state index contributed by atoms with van der Waals surface area (Å²) in [6.07, 6.45) is 6.41. The van der Waals surface area contributed by atoms with Crippen molar-refractivity contribution in [2.75, 3.05) is 52.9 Å². The van der Waals surface area contributed by atoms with Gasteiger partial charge >= 0.3 is 35.8 Å². The Hall–Kier alpha value is -6.86. The maximum absolute atomic E-state index is 13.5. The molecule has 5 fully saturated rings. The number of benzene rings is 4. The summed E-state index contributed by atoms with van der Waals surface area (Å²) >= 11 is 0. The molecule has 4 saturated heterocycles. The molecule has 9 rings (SSSR count). The van der Waals surface area contributed by atoms with E-state index in [2.05, 4.69) is 0 Å². The molecule has 0 N–H and O–H groups in total.